The third-order valence-corrected chi connectivity index (χ3v) is 5.21. The molecule has 0 heterocycles. The van der Waals surface area contributed by atoms with Crippen LogP contribution in [0.4, 0.5) is 0 Å². The van der Waals surface area contributed by atoms with Crippen LogP contribution >= 0.6 is 0 Å². The number of ether oxygens (including phenoxy) is 1. The summed E-state index contributed by atoms with van der Waals surface area (Å²) in [7, 11) is 1.51. The van der Waals surface area contributed by atoms with Gasteiger partial charge in [0.25, 0.3) is 0 Å². The highest BCUT2D eigenvalue weighted by molar-refractivity contribution is 5.79. The first kappa shape index (κ1) is 19.6. The zero-order chi connectivity index (χ0) is 18.2. The van der Waals surface area contributed by atoms with Crippen LogP contribution in [-0.2, 0) is 11.2 Å². The first-order chi connectivity index (χ1) is 12.0. The Morgan fingerprint density at radius 2 is 2.00 bits per heavy atom. The van der Waals surface area contributed by atoms with Crippen molar-refractivity contribution in [2.75, 3.05) is 7.11 Å². The van der Waals surface area contributed by atoms with E-state index in [2.05, 4.69) is 19.2 Å². The molecule has 140 valence electrons. The van der Waals surface area contributed by atoms with Gasteiger partial charge >= 0.3 is 0 Å². The van der Waals surface area contributed by atoms with Crippen molar-refractivity contribution in [3.63, 3.8) is 0 Å². The summed E-state index contributed by atoms with van der Waals surface area (Å²) in [5.74, 6) is 2.20. The van der Waals surface area contributed by atoms with E-state index < -0.39 is 0 Å². The molecule has 0 unspecified atom stereocenters. The van der Waals surface area contributed by atoms with Crippen LogP contribution < -0.4 is 10.1 Å². The average Bonchev–Trinajstić information content (AvgIpc) is 2.58. The third-order valence-electron chi connectivity index (χ3n) is 5.21. The molecule has 1 aromatic carbocycles. The summed E-state index contributed by atoms with van der Waals surface area (Å²) in [4.78, 5) is 12.3. The largest absolute Gasteiger partial charge is 0.504 e. The molecular formula is C21H33NO3. The maximum absolute atomic E-state index is 12.3. The summed E-state index contributed by atoms with van der Waals surface area (Å²) in [6.07, 6.45) is 8.98. The fourth-order valence-corrected chi connectivity index (χ4v) is 3.71. The molecule has 0 saturated heterocycles. The van der Waals surface area contributed by atoms with Crippen molar-refractivity contribution in [2.45, 2.75) is 71.3 Å². The summed E-state index contributed by atoms with van der Waals surface area (Å²) < 4.78 is 5.09. The van der Waals surface area contributed by atoms with Crippen LogP contribution in [0.3, 0.4) is 0 Å². The zero-order valence-corrected chi connectivity index (χ0v) is 15.9. The predicted octanol–water partition coefficient (Wildman–Crippen LogP) is 4.44. The molecule has 2 N–H and O–H groups in total. The molecule has 0 atom stereocenters. The number of nitrogens with one attached hydrogen (secondary N) is 1. The molecule has 1 aromatic rings. The highest BCUT2D eigenvalue weighted by atomic mass is 16.5. The van der Waals surface area contributed by atoms with E-state index in [-0.39, 0.29) is 11.7 Å². The second-order valence-electron chi connectivity index (χ2n) is 7.79. The van der Waals surface area contributed by atoms with Crippen LogP contribution in [0.1, 0.15) is 64.4 Å². The number of benzene rings is 1. The van der Waals surface area contributed by atoms with Crippen molar-refractivity contribution in [3.8, 4) is 11.5 Å². The lowest BCUT2D eigenvalue weighted by atomic mass is 9.82. The van der Waals surface area contributed by atoms with Crippen molar-refractivity contribution >= 4 is 5.91 Å². The number of hydrogen-bond donors (Lipinski definition) is 2. The van der Waals surface area contributed by atoms with Gasteiger partial charge in [0.15, 0.2) is 11.5 Å². The standard InChI is InChI=1S/C21H33NO3/c1-15(2)5-4-6-16-7-10-18(11-8-16)22-21(24)14-17-9-12-19(23)20(13-17)25-3/h9,12-13,15-16,18,23H,4-8,10-11,14H2,1-3H3,(H,22,24)/t16-,18+. The van der Waals surface area contributed by atoms with Gasteiger partial charge in [-0.1, -0.05) is 39.2 Å². The molecule has 0 aliphatic heterocycles. The molecule has 4 heteroatoms. The van der Waals surface area contributed by atoms with E-state index >= 15 is 0 Å². The molecule has 0 aromatic heterocycles. The van der Waals surface area contributed by atoms with Crippen molar-refractivity contribution in [1.29, 1.82) is 0 Å². The van der Waals surface area contributed by atoms with Crippen LogP contribution in [0.15, 0.2) is 18.2 Å². The molecule has 1 aliphatic rings. The Labute approximate surface area is 152 Å². The molecule has 25 heavy (non-hydrogen) atoms. The molecule has 1 aliphatic carbocycles. The summed E-state index contributed by atoms with van der Waals surface area (Å²) in [6, 6.07) is 5.38. The molecule has 0 spiro atoms. The second-order valence-corrected chi connectivity index (χ2v) is 7.79. The van der Waals surface area contributed by atoms with Gasteiger partial charge in [-0.15, -0.1) is 0 Å². The first-order valence-corrected chi connectivity index (χ1v) is 9.63. The van der Waals surface area contributed by atoms with Crippen molar-refractivity contribution < 1.29 is 14.6 Å². The number of carbonyl (C=O) groups is 1. The molecule has 4 nitrogen and oxygen atoms in total. The van der Waals surface area contributed by atoms with Crippen LogP contribution in [-0.4, -0.2) is 24.2 Å². The van der Waals surface area contributed by atoms with Gasteiger partial charge in [-0.2, -0.15) is 0 Å². The summed E-state index contributed by atoms with van der Waals surface area (Å²) in [5.41, 5.74) is 0.856. The molecule has 1 fully saturated rings. The highest BCUT2D eigenvalue weighted by Gasteiger charge is 2.22. The number of phenols is 1. The Balaban J connectivity index is 1.71. The normalized spacial score (nSPS) is 20.5. The van der Waals surface area contributed by atoms with E-state index in [1.165, 1.54) is 39.2 Å². The van der Waals surface area contributed by atoms with Crippen LogP contribution in [0, 0.1) is 11.8 Å². The highest BCUT2D eigenvalue weighted by Crippen LogP contribution is 2.29. The van der Waals surface area contributed by atoms with Gasteiger partial charge in [0.1, 0.15) is 0 Å². The molecule has 1 saturated carbocycles. The van der Waals surface area contributed by atoms with E-state index in [0.29, 0.717) is 18.2 Å². The van der Waals surface area contributed by atoms with Crippen LogP contribution in [0.5, 0.6) is 11.5 Å². The molecule has 2 rings (SSSR count). The number of methoxy groups -OCH3 is 1. The lowest BCUT2D eigenvalue weighted by Gasteiger charge is -2.29. The second kappa shape index (κ2) is 9.69. The van der Waals surface area contributed by atoms with Gasteiger partial charge in [-0.25, -0.2) is 0 Å². The minimum absolute atomic E-state index is 0.0519. The maximum atomic E-state index is 12.3. The fourth-order valence-electron chi connectivity index (χ4n) is 3.71. The van der Waals surface area contributed by atoms with Crippen molar-refractivity contribution in [1.82, 2.24) is 5.32 Å². The van der Waals surface area contributed by atoms with Gasteiger partial charge in [0.2, 0.25) is 5.91 Å². The van der Waals surface area contributed by atoms with E-state index in [9.17, 15) is 9.90 Å². The number of aromatic hydroxyl groups is 1. The summed E-state index contributed by atoms with van der Waals surface area (Å²) in [6.45, 7) is 4.58. The van der Waals surface area contributed by atoms with Gasteiger partial charge in [0, 0.05) is 6.04 Å². The lowest BCUT2D eigenvalue weighted by molar-refractivity contribution is -0.121. The van der Waals surface area contributed by atoms with Crippen LogP contribution in [0.25, 0.3) is 0 Å². The number of phenolic OH excluding ortho intramolecular Hbond substituents is 1. The minimum atomic E-state index is 0.0519. The topological polar surface area (TPSA) is 58.6 Å². The fraction of sp³-hybridized carbons (Fsp3) is 0.667. The van der Waals surface area contributed by atoms with E-state index in [0.717, 1.165) is 30.2 Å². The molecule has 0 radical (unpaired) electrons. The van der Waals surface area contributed by atoms with E-state index in [1.54, 1.807) is 18.2 Å². The number of amides is 1. The molecule has 0 bridgehead atoms. The Kier molecular flexibility index (Phi) is 7.60. The van der Waals surface area contributed by atoms with Gasteiger partial charge in [-0.05, 0) is 55.2 Å². The number of rotatable bonds is 8. The Bertz CT molecular complexity index is 548. The van der Waals surface area contributed by atoms with Crippen molar-refractivity contribution in [3.05, 3.63) is 23.8 Å². The summed E-state index contributed by atoms with van der Waals surface area (Å²) in [5, 5.41) is 12.8. The lowest BCUT2D eigenvalue weighted by Crippen LogP contribution is -2.38. The average molecular weight is 347 g/mol. The summed E-state index contributed by atoms with van der Waals surface area (Å²) >= 11 is 0. The Hall–Kier alpha value is -1.71. The monoisotopic (exact) mass is 347 g/mol. The minimum Gasteiger partial charge on any atom is -0.504 e. The molecule has 1 amide bonds. The van der Waals surface area contributed by atoms with Gasteiger partial charge in [0.05, 0.1) is 13.5 Å². The smallest absolute Gasteiger partial charge is 0.224 e. The van der Waals surface area contributed by atoms with Gasteiger partial charge in [-0.3, -0.25) is 4.79 Å². The third kappa shape index (κ3) is 6.60. The van der Waals surface area contributed by atoms with Crippen molar-refractivity contribution in [2.24, 2.45) is 11.8 Å². The predicted molar refractivity (Wildman–Crippen MR) is 101 cm³/mol. The van der Waals surface area contributed by atoms with E-state index in [4.69, 9.17) is 4.74 Å². The Morgan fingerprint density at radius 1 is 1.28 bits per heavy atom. The first-order valence-electron chi connectivity index (χ1n) is 9.63. The Morgan fingerprint density at radius 3 is 2.64 bits per heavy atom. The zero-order valence-electron chi connectivity index (χ0n) is 15.9. The van der Waals surface area contributed by atoms with Gasteiger partial charge < -0.3 is 15.2 Å². The number of carbonyl (C=O) groups excluding carboxylic acids is 1. The quantitative estimate of drug-likeness (QED) is 0.730. The SMILES string of the molecule is COc1cc(CC(=O)N[C@H]2CC[C@@H](CCCC(C)C)CC2)ccc1O. The maximum Gasteiger partial charge on any atom is 0.224 e. The van der Waals surface area contributed by atoms with Crippen LogP contribution in [0.2, 0.25) is 0 Å². The molecular weight excluding hydrogens is 314 g/mol. The van der Waals surface area contributed by atoms with E-state index in [1.807, 2.05) is 0 Å². The number of hydrogen-bond acceptors (Lipinski definition) is 3.